The Bertz CT molecular complexity index is 1330. The zero-order valence-electron chi connectivity index (χ0n) is 22.4. The zero-order valence-corrected chi connectivity index (χ0v) is 22.4. The quantitative estimate of drug-likeness (QED) is 0.192. The summed E-state index contributed by atoms with van der Waals surface area (Å²) < 4.78 is 11.9. The van der Waals surface area contributed by atoms with Gasteiger partial charge >= 0.3 is 0 Å². The number of nitrogens with zero attached hydrogens (tertiary/aromatic N) is 1. The summed E-state index contributed by atoms with van der Waals surface area (Å²) in [7, 11) is 0. The molecule has 0 aliphatic carbocycles. The van der Waals surface area contributed by atoms with Crippen LogP contribution in [0, 0.1) is 12.8 Å². The standard InChI is InChI=1S/C32H35NO5/c1-5-16-33-29(24-12-9-13-26(18-24)37-19-21(2)3)28(31(35)32(33)36)30(34)25-14-15-27(22(4)17-25)38-20-23-10-7-6-8-11-23/h6-15,17-18,21,29,34H,5,16,19-20H2,1-4H3/b30-28+. The van der Waals surface area contributed by atoms with Crippen molar-refractivity contribution in [1.29, 1.82) is 0 Å². The number of aryl methyl sites for hydroxylation is 1. The van der Waals surface area contributed by atoms with Gasteiger partial charge < -0.3 is 19.5 Å². The molecule has 38 heavy (non-hydrogen) atoms. The summed E-state index contributed by atoms with van der Waals surface area (Å²) in [4.78, 5) is 27.8. The number of aliphatic hydroxyl groups is 1. The van der Waals surface area contributed by atoms with Gasteiger partial charge in [-0.2, -0.15) is 0 Å². The number of amides is 1. The van der Waals surface area contributed by atoms with Crippen LogP contribution in [0.5, 0.6) is 11.5 Å². The van der Waals surface area contributed by atoms with E-state index in [0.717, 1.165) is 16.7 Å². The lowest BCUT2D eigenvalue weighted by Gasteiger charge is -2.25. The second-order valence-corrected chi connectivity index (χ2v) is 10.0. The van der Waals surface area contributed by atoms with E-state index in [1.54, 1.807) is 23.1 Å². The fraction of sp³-hybridized carbons (Fsp3) is 0.312. The third kappa shape index (κ3) is 5.91. The molecule has 0 radical (unpaired) electrons. The molecule has 0 aromatic heterocycles. The lowest BCUT2D eigenvalue weighted by molar-refractivity contribution is -0.139. The smallest absolute Gasteiger partial charge is 0.295 e. The van der Waals surface area contributed by atoms with Crippen LogP contribution in [0.25, 0.3) is 5.76 Å². The van der Waals surface area contributed by atoms with Crippen LogP contribution >= 0.6 is 0 Å². The fourth-order valence-corrected chi connectivity index (χ4v) is 4.58. The van der Waals surface area contributed by atoms with Crippen LogP contribution in [-0.2, 0) is 16.2 Å². The summed E-state index contributed by atoms with van der Waals surface area (Å²) in [6, 6.07) is 21.9. The highest BCUT2D eigenvalue weighted by Crippen LogP contribution is 2.40. The van der Waals surface area contributed by atoms with Crippen LogP contribution < -0.4 is 9.47 Å². The van der Waals surface area contributed by atoms with E-state index in [1.807, 2.05) is 68.4 Å². The highest BCUT2D eigenvalue weighted by Gasteiger charge is 2.45. The van der Waals surface area contributed by atoms with E-state index in [2.05, 4.69) is 13.8 Å². The molecule has 1 amide bonds. The number of ketones is 1. The van der Waals surface area contributed by atoms with E-state index in [9.17, 15) is 14.7 Å². The number of carbonyl (C=O) groups excluding carboxylic acids is 2. The molecule has 0 saturated carbocycles. The van der Waals surface area contributed by atoms with E-state index >= 15 is 0 Å². The lowest BCUT2D eigenvalue weighted by Crippen LogP contribution is -2.30. The average molecular weight is 514 g/mol. The molecule has 1 atom stereocenters. The Morgan fingerprint density at radius 1 is 0.974 bits per heavy atom. The topological polar surface area (TPSA) is 76.1 Å². The molecule has 1 aliphatic heterocycles. The number of aliphatic hydroxyl groups excluding tert-OH is 1. The van der Waals surface area contributed by atoms with Crippen LogP contribution in [0.1, 0.15) is 55.5 Å². The number of rotatable bonds is 10. The van der Waals surface area contributed by atoms with Crippen molar-refractivity contribution >= 4 is 17.4 Å². The van der Waals surface area contributed by atoms with Crippen molar-refractivity contribution in [1.82, 2.24) is 4.90 Å². The first kappa shape index (κ1) is 27.0. The highest BCUT2D eigenvalue weighted by molar-refractivity contribution is 6.46. The monoisotopic (exact) mass is 513 g/mol. The van der Waals surface area contributed by atoms with Crippen LogP contribution in [0.2, 0.25) is 0 Å². The second-order valence-electron chi connectivity index (χ2n) is 10.0. The molecule has 1 fully saturated rings. The van der Waals surface area contributed by atoms with Gasteiger partial charge in [-0.3, -0.25) is 9.59 Å². The lowest BCUT2D eigenvalue weighted by atomic mass is 9.94. The number of hydrogen-bond acceptors (Lipinski definition) is 5. The molecular formula is C32H35NO5. The Hall–Kier alpha value is -4.06. The van der Waals surface area contributed by atoms with Crippen molar-refractivity contribution in [3.05, 3.63) is 101 Å². The summed E-state index contributed by atoms with van der Waals surface area (Å²) in [5, 5.41) is 11.4. The largest absolute Gasteiger partial charge is 0.507 e. The third-order valence-corrected chi connectivity index (χ3v) is 6.45. The first-order valence-electron chi connectivity index (χ1n) is 13.1. The first-order valence-corrected chi connectivity index (χ1v) is 13.1. The van der Waals surface area contributed by atoms with E-state index in [1.165, 1.54) is 0 Å². The second kappa shape index (κ2) is 12.0. The van der Waals surface area contributed by atoms with Crippen molar-refractivity contribution in [2.24, 2.45) is 5.92 Å². The van der Waals surface area contributed by atoms with Crippen molar-refractivity contribution in [3.63, 3.8) is 0 Å². The number of carbonyl (C=O) groups is 2. The van der Waals surface area contributed by atoms with Gasteiger partial charge in [0, 0.05) is 12.1 Å². The molecule has 1 N–H and O–H groups in total. The van der Waals surface area contributed by atoms with Gasteiger partial charge in [0.05, 0.1) is 18.2 Å². The Labute approximate surface area is 224 Å². The minimum atomic E-state index is -0.702. The third-order valence-electron chi connectivity index (χ3n) is 6.45. The number of ether oxygens (including phenoxy) is 2. The number of Topliss-reactive ketones (excluding diaryl/α,β-unsaturated/α-hetero) is 1. The molecule has 1 saturated heterocycles. The summed E-state index contributed by atoms with van der Waals surface area (Å²) >= 11 is 0. The van der Waals surface area contributed by atoms with Gasteiger partial charge in [-0.25, -0.2) is 0 Å². The first-order chi connectivity index (χ1) is 18.3. The van der Waals surface area contributed by atoms with Crippen LogP contribution in [0.4, 0.5) is 0 Å². The predicted octanol–water partition coefficient (Wildman–Crippen LogP) is 6.44. The number of likely N-dealkylation sites (tertiary alicyclic amines) is 1. The molecule has 6 nitrogen and oxygen atoms in total. The molecule has 198 valence electrons. The molecule has 0 bridgehead atoms. The molecular weight excluding hydrogens is 478 g/mol. The Balaban J connectivity index is 1.69. The number of hydrogen-bond donors (Lipinski definition) is 1. The Morgan fingerprint density at radius 3 is 2.42 bits per heavy atom. The van der Waals surface area contributed by atoms with Gasteiger partial charge in [0.2, 0.25) is 0 Å². The molecule has 1 aliphatic rings. The molecule has 3 aromatic rings. The van der Waals surface area contributed by atoms with Gasteiger partial charge in [-0.05, 0) is 66.3 Å². The molecule has 1 heterocycles. The van der Waals surface area contributed by atoms with Crippen molar-refractivity contribution < 1.29 is 24.2 Å². The van der Waals surface area contributed by atoms with Gasteiger partial charge in [0.1, 0.15) is 23.9 Å². The summed E-state index contributed by atoms with van der Waals surface area (Å²) in [6.07, 6.45) is 0.680. The van der Waals surface area contributed by atoms with Gasteiger partial charge in [-0.15, -0.1) is 0 Å². The van der Waals surface area contributed by atoms with Crippen molar-refractivity contribution in [2.75, 3.05) is 13.2 Å². The van der Waals surface area contributed by atoms with Gasteiger partial charge in [-0.1, -0.05) is 63.2 Å². The Kier molecular flexibility index (Phi) is 8.52. The SMILES string of the molecule is CCCN1C(=O)C(=O)/C(=C(/O)c2ccc(OCc3ccccc3)c(C)c2)C1c1cccc(OCC(C)C)c1. The minimum Gasteiger partial charge on any atom is -0.507 e. The highest BCUT2D eigenvalue weighted by atomic mass is 16.5. The summed E-state index contributed by atoms with van der Waals surface area (Å²) in [5.41, 5.74) is 3.13. The molecule has 6 heteroatoms. The van der Waals surface area contributed by atoms with E-state index < -0.39 is 17.7 Å². The normalized spacial score (nSPS) is 16.8. The molecule has 4 rings (SSSR count). The molecule has 3 aromatic carbocycles. The average Bonchev–Trinajstić information content (AvgIpc) is 3.17. The van der Waals surface area contributed by atoms with Gasteiger partial charge in [0.25, 0.3) is 11.7 Å². The van der Waals surface area contributed by atoms with E-state index in [-0.39, 0.29) is 11.3 Å². The maximum absolute atomic E-state index is 13.2. The summed E-state index contributed by atoms with van der Waals surface area (Å²) in [5.74, 6) is 0.214. The van der Waals surface area contributed by atoms with Crippen LogP contribution in [-0.4, -0.2) is 34.8 Å². The van der Waals surface area contributed by atoms with E-state index in [4.69, 9.17) is 9.47 Å². The predicted molar refractivity (Wildman–Crippen MR) is 148 cm³/mol. The number of benzene rings is 3. The van der Waals surface area contributed by atoms with Gasteiger partial charge in [0.15, 0.2) is 0 Å². The van der Waals surface area contributed by atoms with Crippen molar-refractivity contribution in [3.8, 4) is 11.5 Å². The minimum absolute atomic E-state index is 0.0850. The molecule has 1 unspecified atom stereocenters. The van der Waals surface area contributed by atoms with E-state index in [0.29, 0.717) is 49.2 Å². The van der Waals surface area contributed by atoms with Crippen molar-refractivity contribution in [2.45, 2.75) is 46.8 Å². The maximum atomic E-state index is 13.2. The maximum Gasteiger partial charge on any atom is 0.295 e. The Morgan fingerprint density at radius 2 is 1.74 bits per heavy atom. The fourth-order valence-electron chi connectivity index (χ4n) is 4.58. The summed E-state index contributed by atoms with van der Waals surface area (Å²) in [6.45, 7) is 9.35. The molecule has 0 spiro atoms. The zero-order chi connectivity index (χ0) is 27.2. The van der Waals surface area contributed by atoms with Crippen LogP contribution in [0.3, 0.4) is 0 Å². The van der Waals surface area contributed by atoms with Crippen LogP contribution in [0.15, 0.2) is 78.4 Å².